The Labute approximate surface area is 186 Å². The molecule has 1 N–H and O–H groups in total. The SMILES string of the molecule is COc1ccc(S(=O)(=O)N2CCOCC2)cc1NC(=O)[C@@H]1CC(=O)N(Cc2ccco2)C1. The number of furan rings is 1. The third-order valence-corrected chi connectivity index (χ3v) is 7.44. The van der Waals surface area contributed by atoms with Gasteiger partial charge in [0.2, 0.25) is 21.8 Å². The lowest BCUT2D eigenvalue weighted by atomic mass is 10.1. The summed E-state index contributed by atoms with van der Waals surface area (Å²) in [6.45, 7) is 1.76. The van der Waals surface area contributed by atoms with E-state index in [9.17, 15) is 18.0 Å². The van der Waals surface area contributed by atoms with Gasteiger partial charge in [-0.25, -0.2) is 8.42 Å². The molecule has 2 aliphatic heterocycles. The van der Waals surface area contributed by atoms with E-state index in [1.807, 2.05) is 0 Å². The summed E-state index contributed by atoms with van der Waals surface area (Å²) in [4.78, 5) is 26.9. The first kappa shape index (κ1) is 22.3. The number of nitrogens with zero attached hydrogens (tertiary/aromatic N) is 2. The van der Waals surface area contributed by atoms with Crippen molar-refractivity contribution in [2.24, 2.45) is 5.92 Å². The van der Waals surface area contributed by atoms with Crippen LogP contribution in [-0.2, 0) is 30.9 Å². The van der Waals surface area contributed by atoms with Gasteiger partial charge in [-0.1, -0.05) is 0 Å². The first-order valence-electron chi connectivity index (χ1n) is 10.3. The molecule has 2 amide bonds. The molecule has 0 radical (unpaired) electrons. The number of ether oxygens (including phenoxy) is 2. The van der Waals surface area contributed by atoms with Gasteiger partial charge < -0.3 is 24.1 Å². The Morgan fingerprint density at radius 1 is 1.25 bits per heavy atom. The largest absolute Gasteiger partial charge is 0.495 e. The van der Waals surface area contributed by atoms with Crippen molar-refractivity contribution in [1.29, 1.82) is 0 Å². The fourth-order valence-corrected chi connectivity index (χ4v) is 5.24. The Morgan fingerprint density at radius 3 is 2.72 bits per heavy atom. The Morgan fingerprint density at radius 2 is 2.03 bits per heavy atom. The van der Waals surface area contributed by atoms with E-state index >= 15 is 0 Å². The molecule has 11 heteroatoms. The molecule has 2 saturated heterocycles. The number of rotatable bonds is 7. The number of sulfonamides is 1. The van der Waals surface area contributed by atoms with Crippen LogP contribution in [-0.4, -0.2) is 69.4 Å². The number of benzene rings is 1. The van der Waals surface area contributed by atoms with Gasteiger partial charge in [0, 0.05) is 26.1 Å². The molecule has 4 rings (SSSR count). The van der Waals surface area contributed by atoms with Gasteiger partial charge in [-0.3, -0.25) is 9.59 Å². The molecular weight excluding hydrogens is 438 g/mol. The third-order valence-electron chi connectivity index (χ3n) is 5.55. The highest BCUT2D eigenvalue weighted by Gasteiger charge is 2.35. The number of likely N-dealkylation sites (tertiary alicyclic amines) is 1. The minimum absolute atomic E-state index is 0.0532. The summed E-state index contributed by atoms with van der Waals surface area (Å²) >= 11 is 0. The lowest BCUT2D eigenvalue weighted by Gasteiger charge is -2.26. The second-order valence-electron chi connectivity index (χ2n) is 7.62. The van der Waals surface area contributed by atoms with E-state index in [2.05, 4.69) is 5.32 Å². The zero-order chi connectivity index (χ0) is 22.7. The lowest BCUT2D eigenvalue weighted by molar-refractivity contribution is -0.128. The van der Waals surface area contributed by atoms with Crippen LogP contribution in [0.25, 0.3) is 0 Å². The van der Waals surface area contributed by atoms with Gasteiger partial charge in [0.1, 0.15) is 11.5 Å². The van der Waals surface area contributed by atoms with E-state index in [1.54, 1.807) is 17.0 Å². The minimum Gasteiger partial charge on any atom is -0.495 e. The lowest BCUT2D eigenvalue weighted by Crippen LogP contribution is -2.40. The van der Waals surface area contributed by atoms with Crippen LogP contribution in [0.3, 0.4) is 0 Å². The first-order chi connectivity index (χ1) is 15.4. The molecule has 32 heavy (non-hydrogen) atoms. The van der Waals surface area contributed by atoms with E-state index in [0.717, 1.165) is 0 Å². The van der Waals surface area contributed by atoms with Crippen LogP contribution in [0, 0.1) is 5.92 Å². The topological polar surface area (TPSA) is 118 Å². The number of methoxy groups -OCH3 is 1. The molecule has 0 unspecified atom stereocenters. The van der Waals surface area contributed by atoms with Crippen molar-refractivity contribution in [3.63, 3.8) is 0 Å². The van der Waals surface area contributed by atoms with Crippen LogP contribution < -0.4 is 10.1 Å². The fraction of sp³-hybridized carbons (Fsp3) is 0.429. The number of carbonyl (C=O) groups is 2. The van der Waals surface area contributed by atoms with Gasteiger partial charge in [-0.05, 0) is 30.3 Å². The van der Waals surface area contributed by atoms with E-state index in [1.165, 1.54) is 35.9 Å². The summed E-state index contributed by atoms with van der Waals surface area (Å²) in [5.41, 5.74) is 0.240. The summed E-state index contributed by atoms with van der Waals surface area (Å²) in [5.74, 6) is -0.114. The quantitative estimate of drug-likeness (QED) is 0.657. The molecule has 0 spiro atoms. The standard InChI is InChI=1S/C21H25N3O7S/c1-29-19-5-4-17(32(27,28)24-6-9-30-10-7-24)12-18(19)22-21(26)15-11-20(25)23(13-15)14-16-3-2-8-31-16/h2-5,8,12,15H,6-7,9-11,13-14H2,1H3,(H,22,26)/t15-/m1/s1. The van der Waals surface area contributed by atoms with Crippen molar-refractivity contribution in [2.75, 3.05) is 45.3 Å². The maximum atomic E-state index is 13.0. The van der Waals surface area contributed by atoms with Crippen molar-refractivity contribution in [2.45, 2.75) is 17.9 Å². The summed E-state index contributed by atoms with van der Waals surface area (Å²) in [6, 6.07) is 7.85. The average Bonchev–Trinajstić information content (AvgIpc) is 3.44. The number of carbonyl (C=O) groups excluding carboxylic acids is 2. The highest BCUT2D eigenvalue weighted by molar-refractivity contribution is 7.89. The van der Waals surface area contributed by atoms with Crippen molar-refractivity contribution in [3.8, 4) is 5.75 Å². The Kier molecular flexibility index (Phi) is 6.49. The van der Waals surface area contributed by atoms with Gasteiger partial charge in [0.15, 0.2) is 0 Å². The van der Waals surface area contributed by atoms with E-state index < -0.39 is 15.9 Å². The average molecular weight is 464 g/mol. The number of amides is 2. The molecule has 1 aromatic heterocycles. The highest BCUT2D eigenvalue weighted by Crippen LogP contribution is 2.31. The number of hydrogen-bond acceptors (Lipinski definition) is 7. The Balaban J connectivity index is 1.49. The summed E-state index contributed by atoms with van der Waals surface area (Å²) in [7, 11) is -2.30. The second-order valence-corrected chi connectivity index (χ2v) is 9.56. The van der Waals surface area contributed by atoms with Crippen molar-refractivity contribution < 1.29 is 31.9 Å². The van der Waals surface area contributed by atoms with Crippen molar-refractivity contribution >= 4 is 27.5 Å². The van der Waals surface area contributed by atoms with Gasteiger partial charge in [-0.2, -0.15) is 4.31 Å². The molecule has 2 fully saturated rings. The number of anilines is 1. The summed E-state index contributed by atoms with van der Waals surface area (Å²) in [6.07, 6.45) is 1.60. The van der Waals surface area contributed by atoms with Crippen molar-refractivity contribution in [3.05, 3.63) is 42.4 Å². The van der Waals surface area contributed by atoms with Crippen LogP contribution in [0.2, 0.25) is 0 Å². The molecule has 3 heterocycles. The van der Waals surface area contributed by atoms with Gasteiger partial charge in [0.25, 0.3) is 0 Å². The van der Waals surface area contributed by atoms with Gasteiger partial charge in [-0.15, -0.1) is 0 Å². The maximum Gasteiger partial charge on any atom is 0.243 e. The van der Waals surface area contributed by atoms with Gasteiger partial charge >= 0.3 is 0 Å². The first-order valence-corrected chi connectivity index (χ1v) is 11.7. The maximum absolute atomic E-state index is 13.0. The predicted molar refractivity (Wildman–Crippen MR) is 113 cm³/mol. The van der Waals surface area contributed by atoms with Gasteiger partial charge in [0.05, 0.1) is 49.6 Å². The third kappa shape index (κ3) is 4.64. The van der Waals surface area contributed by atoms with Crippen LogP contribution in [0.1, 0.15) is 12.2 Å². The van der Waals surface area contributed by atoms with E-state index in [4.69, 9.17) is 13.9 Å². The number of morpholine rings is 1. The predicted octanol–water partition coefficient (Wildman–Crippen LogP) is 1.30. The molecule has 2 aliphatic rings. The normalized spacial score (nSPS) is 19.8. The molecule has 172 valence electrons. The molecule has 0 bridgehead atoms. The number of hydrogen-bond donors (Lipinski definition) is 1. The summed E-state index contributed by atoms with van der Waals surface area (Å²) in [5, 5.41) is 2.74. The van der Waals surface area contributed by atoms with E-state index in [-0.39, 0.29) is 48.5 Å². The fourth-order valence-electron chi connectivity index (χ4n) is 3.81. The zero-order valence-corrected chi connectivity index (χ0v) is 18.5. The summed E-state index contributed by atoms with van der Waals surface area (Å²) < 4.78 is 43.1. The zero-order valence-electron chi connectivity index (χ0n) is 17.7. The molecule has 0 aliphatic carbocycles. The highest BCUT2D eigenvalue weighted by atomic mass is 32.2. The second kappa shape index (κ2) is 9.31. The molecule has 1 aromatic carbocycles. The molecule has 1 atom stereocenters. The van der Waals surface area contributed by atoms with Crippen LogP contribution in [0.5, 0.6) is 5.75 Å². The molecule has 10 nitrogen and oxygen atoms in total. The van der Waals surface area contributed by atoms with Crippen LogP contribution in [0.15, 0.2) is 45.9 Å². The number of nitrogens with one attached hydrogen (secondary N) is 1. The van der Waals surface area contributed by atoms with Crippen LogP contribution >= 0.6 is 0 Å². The van der Waals surface area contributed by atoms with Crippen molar-refractivity contribution in [1.82, 2.24) is 9.21 Å². The minimum atomic E-state index is -3.74. The Bertz CT molecular complexity index is 1080. The smallest absolute Gasteiger partial charge is 0.243 e. The Hall–Kier alpha value is -2.89. The monoisotopic (exact) mass is 463 g/mol. The molecular formula is C21H25N3O7S. The van der Waals surface area contributed by atoms with E-state index in [0.29, 0.717) is 31.3 Å². The molecule has 0 saturated carbocycles. The molecule has 2 aromatic rings. The van der Waals surface area contributed by atoms with Crippen LogP contribution in [0.4, 0.5) is 5.69 Å².